The van der Waals surface area contributed by atoms with Gasteiger partial charge in [-0.2, -0.15) is 0 Å². The number of rotatable bonds is 3. The average Bonchev–Trinajstić information content (AvgIpc) is 2.53. The van der Waals surface area contributed by atoms with Crippen LogP contribution in [0.3, 0.4) is 0 Å². The van der Waals surface area contributed by atoms with Gasteiger partial charge in [0.25, 0.3) is 0 Å². The predicted molar refractivity (Wildman–Crippen MR) is 75.9 cm³/mol. The predicted octanol–water partition coefficient (Wildman–Crippen LogP) is 5.14. The number of aromatic amines is 1. The van der Waals surface area contributed by atoms with E-state index >= 15 is 0 Å². The van der Waals surface area contributed by atoms with Crippen LogP contribution in [0.2, 0.25) is 5.02 Å². The maximum atomic E-state index is 6.10. The number of fused-ring (bicyclic) bond motifs is 1. The third kappa shape index (κ3) is 2.50. The van der Waals surface area contributed by atoms with Crippen LogP contribution in [0.15, 0.2) is 18.2 Å². The second-order valence-electron chi connectivity index (χ2n) is 5.46. The topological polar surface area (TPSA) is 15.8 Å². The largest absolute Gasteiger partial charge is 0.358 e. The molecule has 0 unspecified atom stereocenters. The summed E-state index contributed by atoms with van der Waals surface area (Å²) in [5.74, 6) is 1.19. The number of H-pyrrole nitrogens is 1. The highest BCUT2D eigenvalue weighted by molar-refractivity contribution is 6.31. The minimum Gasteiger partial charge on any atom is -0.358 e. The Morgan fingerprint density at radius 3 is 2.47 bits per heavy atom. The normalized spacial score (nSPS) is 11.9. The second kappa shape index (κ2) is 4.73. The van der Waals surface area contributed by atoms with Gasteiger partial charge in [0.2, 0.25) is 0 Å². The molecule has 0 bridgehead atoms. The van der Waals surface area contributed by atoms with Crippen LogP contribution in [0.25, 0.3) is 10.9 Å². The first-order valence-electron chi connectivity index (χ1n) is 6.29. The van der Waals surface area contributed by atoms with Gasteiger partial charge in [-0.1, -0.05) is 39.3 Å². The molecule has 1 aromatic carbocycles. The lowest BCUT2D eigenvalue weighted by atomic mass is 9.95. The number of halogens is 1. The van der Waals surface area contributed by atoms with E-state index in [2.05, 4.69) is 44.8 Å². The van der Waals surface area contributed by atoms with Crippen molar-refractivity contribution in [2.24, 2.45) is 5.92 Å². The molecule has 0 fully saturated rings. The Bertz CT molecular complexity index is 523. The smallest absolute Gasteiger partial charge is 0.0460 e. The van der Waals surface area contributed by atoms with E-state index in [9.17, 15) is 0 Å². The molecule has 1 heterocycles. The maximum Gasteiger partial charge on any atom is 0.0460 e. The van der Waals surface area contributed by atoms with Crippen molar-refractivity contribution in [3.8, 4) is 0 Å². The lowest BCUT2D eigenvalue weighted by Gasteiger charge is -2.10. The van der Waals surface area contributed by atoms with E-state index in [-0.39, 0.29) is 0 Å². The van der Waals surface area contributed by atoms with Gasteiger partial charge in [0.05, 0.1) is 0 Å². The zero-order valence-corrected chi connectivity index (χ0v) is 11.7. The number of hydrogen-bond donors (Lipinski definition) is 1. The molecular formula is C15H20ClN. The Balaban J connectivity index is 2.63. The van der Waals surface area contributed by atoms with Crippen molar-refractivity contribution in [1.82, 2.24) is 4.98 Å². The van der Waals surface area contributed by atoms with Gasteiger partial charge in [-0.25, -0.2) is 0 Å². The van der Waals surface area contributed by atoms with Crippen LogP contribution < -0.4 is 0 Å². The monoisotopic (exact) mass is 249 g/mol. The first-order valence-corrected chi connectivity index (χ1v) is 6.66. The van der Waals surface area contributed by atoms with Crippen LogP contribution in [-0.4, -0.2) is 4.98 Å². The highest BCUT2D eigenvalue weighted by atomic mass is 35.5. The third-order valence-electron chi connectivity index (χ3n) is 3.07. The third-order valence-corrected chi connectivity index (χ3v) is 3.31. The van der Waals surface area contributed by atoms with E-state index in [0.29, 0.717) is 11.8 Å². The van der Waals surface area contributed by atoms with Crippen LogP contribution in [0, 0.1) is 5.92 Å². The summed E-state index contributed by atoms with van der Waals surface area (Å²) in [6, 6.07) is 6.10. The molecule has 0 aliphatic heterocycles. The molecule has 1 N–H and O–H groups in total. The van der Waals surface area contributed by atoms with Gasteiger partial charge in [0.15, 0.2) is 0 Å². The van der Waals surface area contributed by atoms with E-state index in [4.69, 9.17) is 11.6 Å². The summed E-state index contributed by atoms with van der Waals surface area (Å²) in [5.41, 5.74) is 4.00. The van der Waals surface area contributed by atoms with Gasteiger partial charge < -0.3 is 4.98 Å². The lowest BCUT2D eigenvalue weighted by Crippen LogP contribution is -1.99. The summed E-state index contributed by atoms with van der Waals surface area (Å²) < 4.78 is 0. The zero-order chi connectivity index (χ0) is 12.6. The molecule has 1 nitrogen and oxygen atoms in total. The molecule has 0 saturated heterocycles. The Labute approximate surface area is 108 Å². The molecule has 2 rings (SSSR count). The van der Waals surface area contributed by atoms with Crippen molar-refractivity contribution < 1.29 is 0 Å². The van der Waals surface area contributed by atoms with Crippen LogP contribution >= 0.6 is 11.6 Å². The number of hydrogen-bond acceptors (Lipinski definition) is 0. The standard InChI is InChI=1S/C15H20ClN/c1-9(2)7-14-15(10(3)4)12-8-11(16)5-6-13(12)17-14/h5-6,8-10,17H,7H2,1-4H3. The zero-order valence-electron chi connectivity index (χ0n) is 11.0. The molecule has 17 heavy (non-hydrogen) atoms. The average molecular weight is 250 g/mol. The number of nitrogens with one attached hydrogen (secondary N) is 1. The Kier molecular flexibility index (Phi) is 3.48. The van der Waals surface area contributed by atoms with E-state index in [0.717, 1.165) is 11.4 Å². The molecule has 0 spiro atoms. The summed E-state index contributed by atoms with van der Waals surface area (Å²) in [6.07, 6.45) is 1.10. The number of benzene rings is 1. The van der Waals surface area contributed by atoms with E-state index in [1.165, 1.54) is 22.2 Å². The summed E-state index contributed by atoms with van der Waals surface area (Å²) in [4.78, 5) is 3.55. The Morgan fingerprint density at radius 1 is 1.18 bits per heavy atom. The molecule has 92 valence electrons. The maximum absolute atomic E-state index is 6.10. The fourth-order valence-electron chi connectivity index (χ4n) is 2.47. The highest BCUT2D eigenvalue weighted by Crippen LogP contribution is 2.32. The SMILES string of the molecule is CC(C)Cc1[nH]c2ccc(Cl)cc2c1C(C)C. The molecule has 0 saturated carbocycles. The van der Waals surface area contributed by atoms with Crippen molar-refractivity contribution in [3.05, 3.63) is 34.5 Å². The quantitative estimate of drug-likeness (QED) is 0.775. The molecule has 1 aromatic heterocycles. The lowest BCUT2D eigenvalue weighted by molar-refractivity contribution is 0.630. The molecular weight excluding hydrogens is 230 g/mol. The molecule has 0 aliphatic carbocycles. The van der Waals surface area contributed by atoms with Crippen molar-refractivity contribution in [3.63, 3.8) is 0 Å². The van der Waals surface area contributed by atoms with Gasteiger partial charge >= 0.3 is 0 Å². The van der Waals surface area contributed by atoms with Crippen LogP contribution in [-0.2, 0) is 6.42 Å². The van der Waals surface area contributed by atoms with E-state index < -0.39 is 0 Å². The summed E-state index contributed by atoms with van der Waals surface area (Å²) in [7, 11) is 0. The van der Waals surface area contributed by atoms with Crippen molar-refractivity contribution in [2.45, 2.75) is 40.0 Å². The molecule has 0 aliphatic rings. The highest BCUT2D eigenvalue weighted by Gasteiger charge is 2.15. The van der Waals surface area contributed by atoms with Gasteiger partial charge in [-0.15, -0.1) is 0 Å². The Hall–Kier alpha value is -0.950. The van der Waals surface area contributed by atoms with E-state index in [1.54, 1.807) is 0 Å². The minimum atomic E-state index is 0.524. The van der Waals surface area contributed by atoms with Crippen molar-refractivity contribution in [2.75, 3.05) is 0 Å². The first-order chi connectivity index (χ1) is 7.99. The summed E-state index contributed by atoms with van der Waals surface area (Å²) in [6.45, 7) is 8.99. The van der Waals surface area contributed by atoms with Gasteiger partial charge in [0.1, 0.15) is 0 Å². The second-order valence-corrected chi connectivity index (χ2v) is 5.90. The molecule has 0 amide bonds. The minimum absolute atomic E-state index is 0.524. The van der Waals surface area contributed by atoms with Crippen LogP contribution in [0.1, 0.15) is 44.9 Å². The van der Waals surface area contributed by atoms with Crippen molar-refractivity contribution in [1.29, 1.82) is 0 Å². The van der Waals surface area contributed by atoms with Gasteiger partial charge in [-0.3, -0.25) is 0 Å². The number of aromatic nitrogens is 1. The fraction of sp³-hybridized carbons (Fsp3) is 0.467. The van der Waals surface area contributed by atoms with Gasteiger partial charge in [0, 0.05) is 21.6 Å². The first kappa shape index (κ1) is 12.5. The summed E-state index contributed by atoms with van der Waals surface area (Å²) in [5, 5.41) is 2.10. The molecule has 0 atom stereocenters. The Morgan fingerprint density at radius 2 is 1.88 bits per heavy atom. The van der Waals surface area contributed by atoms with Crippen LogP contribution in [0.4, 0.5) is 0 Å². The molecule has 2 aromatic rings. The van der Waals surface area contributed by atoms with Crippen LogP contribution in [0.5, 0.6) is 0 Å². The fourth-order valence-corrected chi connectivity index (χ4v) is 2.64. The molecule has 0 radical (unpaired) electrons. The molecule has 2 heteroatoms. The van der Waals surface area contributed by atoms with Gasteiger partial charge in [-0.05, 0) is 42.0 Å². The van der Waals surface area contributed by atoms with E-state index in [1.807, 2.05) is 6.07 Å². The van der Waals surface area contributed by atoms with Crippen molar-refractivity contribution >= 4 is 22.5 Å². The summed E-state index contributed by atoms with van der Waals surface area (Å²) >= 11 is 6.10.